The van der Waals surface area contributed by atoms with Crippen molar-refractivity contribution in [1.82, 2.24) is 0 Å². The minimum absolute atomic E-state index is 0.0335. The molecule has 0 aliphatic heterocycles. The summed E-state index contributed by atoms with van der Waals surface area (Å²) in [6.07, 6.45) is 0. The van der Waals surface area contributed by atoms with Crippen molar-refractivity contribution >= 4 is 34.3 Å². The average molecular weight is 260 g/mol. The quantitative estimate of drug-likeness (QED) is 0.361. The second-order valence-corrected chi connectivity index (χ2v) is 4.04. The second-order valence-electron chi connectivity index (χ2n) is 3.22. The zero-order valence-corrected chi connectivity index (χ0v) is 10.4. The molecule has 3 nitrogen and oxygen atoms in total. The normalized spacial score (nSPS) is 13.4. The highest BCUT2D eigenvalue weighted by molar-refractivity contribution is 6.70. The Morgan fingerprint density at radius 2 is 2.06 bits per heavy atom. The zero-order chi connectivity index (χ0) is 12.1. The fourth-order valence-electron chi connectivity index (χ4n) is 1.15. The molecule has 1 aromatic rings. The number of oxime groups is 1. The van der Waals surface area contributed by atoms with Gasteiger partial charge in [0.25, 0.3) is 0 Å². The molecule has 0 spiro atoms. The van der Waals surface area contributed by atoms with Crippen LogP contribution in [0.25, 0.3) is 0 Å². The maximum absolute atomic E-state index is 10.5. The monoisotopic (exact) mass is 259 g/mol. The van der Waals surface area contributed by atoms with Crippen LogP contribution in [0.5, 0.6) is 0 Å². The second kappa shape index (κ2) is 5.87. The van der Waals surface area contributed by atoms with E-state index in [9.17, 15) is 4.79 Å². The Kier molecular flexibility index (Phi) is 4.77. The predicted octanol–water partition coefficient (Wildman–Crippen LogP) is 3.39. The van der Waals surface area contributed by atoms with Gasteiger partial charge in [0.05, 0.1) is 0 Å². The van der Waals surface area contributed by atoms with Gasteiger partial charge in [-0.2, -0.15) is 0 Å². The van der Waals surface area contributed by atoms with Crippen LogP contribution in [0, 0.1) is 6.92 Å². The van der Waals surface area contributed by atoms with Gasteiger partial charge < -0.3 is 4.84 Å². The van der Waals surface area contributed by atoms with Gasteiger partial charge in [0, 0.05) is 6.92 Å². The van der Waals surface area contributed by atoms with Gasteiger partial charge in [-0.25, -0.2) is 4.79 Å². The van der Waals surface area contributed by atoms with E-state index >= 15 is 0 Å². The van der Waals surface area contributed by atoms with Crippen LogP contribution < -0.4 is 0 Å². The van der Waals surface area contributed by atoms with Gasteiger partial charge in [-0.3, -0.25) is 0 Å². The minimum Gasteiger partial charge on any atom is -0.317 e. The van der Waals surface area contributed by atoms with Crippen LogP contribution >= 0.6 is 23.2 Å². The lowest BCUT2D eigenvalue weighted by molar-refractivity contribution is -0.140. The number of halogens is 2. The van der Waals surface area contributed by atoms with E-state index in [2.05, 4.69) is 9.99 Å². The average Bonchev–Trinajstić information content (AvgIpc) is 2.25. The lowest BCUT2D eigenvalue weighted by atomic mass is 10.1. The predicted molar refractivity (Wildman–Crippen MR) is 64.8 cm³/mol. The summed E-state index contributed by atoms with van der Waals surface area (Å²) in [6, 6.07) is 7.52. The fraction of sp³-hybridized carbons (Fsp3) is 0.273. The van der Waals surface area contributed by atoms with E-state index in [1.54, 1.807) is 0 Å². The smallest absolute Gasteiger partial charge is 0.317 e. The van der Waals surface area contributed by atoms with Gasteiger partial charge in [-0.15, -0.1) is 11.6 Å². The Bertz CT molecular complexity index is 418. The van der Waals surface area contributed by atoms with E-state index in [-0.39, 0.29) is 5.17 Å². The molecule has 0 saturated carbocycles. The summed E-state index contributed by atoms with van der Waals surface area (Å²) in [4.78, 5) is 15.0. The molecule has 0 aliphatic rings. The topological polar surface area (TPSA) is 38.7 Å². The number of carbonyl (C=O) groups excluding carboxylic acids is 1. The summed E-state index contributed by atoms with van der Waals surface area (Å²) < 4.78 is 0. The molecule has 0 heterocycles. The molecular weight excluding hydrogens is 249 g/mol. The summed E-state index contributed by atoms with van der Waals surface area (Å²) in [6.45, 7) is 3.16. The molecule has 0 saturated heterocycles. The molecule has 0 bridgehead atoms. The Balaban J connectivity index is 2.86. The molecule has 0 radical (unpaired) electrons. The first-order valence-electron chi connectivity index (χ1n) is 4.63. The van der Waals surface area contributed by atoms with E-state index < -0.39 is 11.3 Å². The molecule has 86 valence electrons. The zero-order valence-electron chi connectivity index (χ0n) is 8.91. The Hall–Kier alpha value is -1.06. The van der Waals surface area contributed by atoms with E-state index in [1.165, 1.54) is 6.92 Å². The maximum atomic E-state index is 10.5. The van der Waals surface area contributed by atoms with Crippen molar-refractivity contribution in [2.45, 2.75) is 19.2 Å². The largest absolute Gasteiger partial charge is 0.332 e. The summed E-state index contributed by atoms with van der Waals surface area (Å²) in [5, 5.41) is 2.87. The van der Waals surface area contributed by atoms with Gasteiger partial charge >= 0.3 is 5.97 Å². The summed E-state index contributed by atoms with van der Waals surface area (Å²) in [5.74, 6) is -0.535. The van der Waals surface area contributed by atoms with Crippen molar-refractivity contribution in [2.24, 2.45) is 5.16 Å². The van der Waals surface area contributed by atoms with Gasteiger partial charge in [0.1, 0.15) is 5.38 Å². The first kappa shape index (κ1) is 13.0. The standard InChI is InChI=1S/C11H11Cl2NO2/c1-7-5-3-4-6-9(7)10(12)11(13)14-16-8(2)15/h3-6,10H,1-2H3/b14-11-. The lowest BCUT2D eigenvalue weighted by Crippen LogP contribution is -2.04. The molecule has 0 amide bonds. The third kappa shape index (κ3) is 3.51. The molecule has 0 aliphatic carbocycles. The third-order valence-corrected chi connectivity index (χ3v) is 2.77. The summed E-state index contributed by atoms with van der Waals surface area (Å²) >= 11 is 11.9. The lowest BCUT2D eigenvalue weighted by Gasteiger charge is -2.09. The Morgan fingerprint density at radius 3 is 2.62 bits per heavy atom. The summed E-state index contributed by atoms with van der Waals surface area (Å²) in [7, 11) is 0. The summed E-state index contributed by atoms with van der Waals surface area (Å²) in [5.41, 5.74) is 1.84. The van der Waals surface area contributed by atoms with Gasteiger partial charge in [-0.05, 0) is 18.1 Å². The first-order chi connectivity index (χ1) is 7.52. The number of nitrogens with zero attached hydrogens (tertiary/aromatic N) is 1. The van der Waals surface area contributed by atoms with Crippen LogP contribution in [0.2, 0.25) is 0 Å². The number of aryl methyl sites for hydroxylation is 1. The van der Waals surface area contributed by atoms with Crippen molar-refractivity contribution in [3.05, 3.63) is 35.4 Å². The molecule has 0 fully saturated rings. The van der Waals surface area contributed by atoms with Crippen LogP contribution in [0.1, 0.15) is 23.4 Å². The number of carbonyl (C=O) groups is 1. The molecule has 0 aromatic heterocycles. The molecule has 0 N–H and O–H groups in total. The van der Waals surface area contributed by atoms with Gasteiger partial charge in [0.15, 0.2) is 5.17 Å². The van der Waals surface area contributed by atoms with Crippen molar-refractivity contribution in [3.8, 4) is 0 Å². The SMILES string of the molecule is CC(=O)O/N=C(\Cl)C(Cl)c1ccccc1C. The highest BCUT2D eigenvalue weighted by atomic mass is 35.5. The highest BCUT2D eigenvalue weighted by Crippen LogP contribution is 2.26. The number of hydrogen-bond acceptors (Lipinski definition) is 3. The third-order valence-electron chi connectivity index (χ3n) is 1.93. The molecule has 5 heteroatoms. The van der Waals surface area contributed by atoms with Crippen LogP contribution in [-0.2, 0) is 9.63 Å². The molecule has 1 atom stereocenters. The Labute approximate surface area is 104 Å². The maximum Gasteiger partial charge on any atom is 0.332 e. The molecule has 16 heavy (non-hydrogen) atoms. The van der Waals surface area contributed by atoms with Crippen LogP contribution in [0.15, 0.2) is 29.4 Å². The number of hydrogen-bond donors (Lipinski definition) is 0. The van der Waals surface area contributed by atoms with E-state index in [0.29, 0.717) is 0 Å². The molecule has 1 rings (SSSR count). The van der Waals surface area contributed by atoms with Crippen molar-refractivity contribution < 1.29 is 9.63 Å². The highest BCUT2D eigenvalue weighted by Gasteiger charge is 2.16. The number of benzene rings is 1. The minimum atomic E-state index is -0.609. The van der Waals surface area contributed by atoms with Crippen LogP contribution in [0.3, 0.4) is 0 Å². The number of rotatable bonds is 3. The number of alkyl halides is 1. The van der Waals surface area contributed by atoms with E-state index in [1.807, 2.05) is 31.2 Å². The van der Waals surface area contributed by atoms with E-state index in [0.717, 1.165) is 11.1 Å². The molecule has 1 unspecified atom stereocenters. The van der Waals surface area contributed by atoms with Gasteiger partial charge in [-0.1, -0.05) is 41.0 Å². The molecule has 1 aromatic carbocycles. The van der Waals surface area contributed by atoms with Gasteiger partial charge in [0.2, 0.25) is 0 Å². The molecular formula is C11H11Cl2NO2. The van der Waals surface area contributed by atoms with Crippen LogP contribution in [0.4, 0.5) is 0 Å². The fourth-order valence-corrected chi connectivity index (χ4v) is 1.59. The first-order valence-corrected chi connectivity index (χ1v) is 5.44. The Morgan fingerprint density at radius 1 is 1.44 bits per heavy atom. The van der Waals surface area contributed by atoms with Crippen molar-refractivity contribution in [1.29, 1.82) is 0 Å². The van der Waals surface area contributed by atoms with Crippen molar-refractivity contribution in [3.63, 3.8) is 0 Å². The van der Waals surface area contributed by atoms with Crippen molar-refractivity contribution in [2.75, 3.05) is 0 Å². The van der Waals surface area contributed by atoms with Crippen LogP contribution in [-0.4, -0.2) is 11.1 Å². The van der Waals surface area contributed by atoms with E-state index in [4.69, 9.17) is 23.2 Å².